The van der Waals surface area contributed by atoms with Gasteiger partial charge in [0.25, 0.3) is 5.91 Å². The lowest BCUT2D eigenvalue weighted by Gasteiger charge is -2.24. The molecule has 0 spiro atoms. The van der Waals surface area contributed by atoms with Gasteiger partial charge in [0.1, 0.15) is 6.26 Å². The van der Waals surface area contributed by atoms with Gasteiger partial charge in [-0.25, -0.2) is 0 Å². The first-order valence-electron chi connectivity index (χ1n) is 6.51. The van der Waals surface area contributed by atoms with Crippen LogP contribution in [0.3, 0.4) is 0 Å². The smallest absolute Gasteiger partial charge is 0.257 e. The van der Waals surface area contributed by atoms with E-state index in [1.54, 1.807) is 12.5 Å². The molecular weight excluding hydrogens is 240 g/mol. The topological polar surface area (TPSA) is 46.3 Å². The molecule has 4 heteroatoms. The maximum Gasteiger partial charge on any atom is 0.257 e. The van der Waals surface area contributed by atoms with Crippen molar-refractivity contribution in [3.63, 3.8) is 0 Å². The zero-order chi connectivity index (χ0) is 13.2. The molecular formula is C15H16N2O2. The average Bonchev–Trinajstić information content (AvgIpc) is 3.07. The number of aryl methyl sites for hydroxylation is 1. The third kappa shape index (κ3) is 2.14. The summed E-state index contributed by atoms with van der Waals surface area (Å²) in [6.45, 7) is 2.69. The number of carbonyl (C=O) groups excluding carboxylic acids is 1. The molecule has 1 amide bonds. The predicted octanol–water partition coefficient (Wildman–Crippen LogP) is 2.96. The molecule has 0 bridgehead atoms. The van der Waals surface area contributed by atoms with Crippen molar-refractivity contribution < 1.29 is 9.21 Å². The summed E-state index contributed by atoms with van der Waals surface area (Å²) in [5, 5.41) is 0. The second kappa shape index (κ2) is 4.88. The SMILES string of the molecule is Cc1cocc1C(=O)N1CCCC1c1cccnc1. The Balaban J connectivity index is 1.88. The third-order valence-corrected chi connectivity index (χ3v) is 3.67. The van der Waals surface area contributed by atoms with E-state index in [4.69, 9.17) is 4.42 Å². The fourth-order valence-corrected chi connectivity index (χ4v) is 2.66. The molecule has 1 aliphatic rings. The van der Waals surface area contributed by atoms with Gasteiger partial charge in [-0.15, -0.1) is 0 Å². The van der Waals surface area contributed by atoms with Crippen LogP contribution in [0.5, 0.6) is 0 Å². The molecule has 1 saturated heterocycles. The number of furan rings is 1. The van der Waals surface area contributed by atoms with E-state index in [2.05, 4.69) is 4.98 Å². The number of carbonyl (C=O) groups is 1. The maximum atomic E-state index is 12.6. The number of pyridine rings is 1. The van der Waals surface area contributed by atoms with Crippen molar-refractivity contribution in [1.29, 1.82) is 0 Å². The highest BCUT2D eigenvalue weighted by Gasteiger charge is 2.31. The molecule has 0 aromatic carbocycles. The summed E-state index contributed by atoms with van der Waals surface area (Å²) in [5.41, 5.74) is 2.66. The van der Waals surface area contributed by atoms with Crippen LogP contribution in [0.4, 0.5) is 0 Å². The first kappa shape index (κ1) is 12.0. The van der Waals surface area contributed by atoms with Crippen molar-refractivity contribution in [2.45, 2.75) is 25.8 Å². The largest absolute Gasteiger partial charge is 0.471 e. The Hall–Kier alpha value is -2.10. The summed E-state index contributed by atoms with van der Waals surface area (Å²) >= 11 is 0. The van der Waals surface area contributed by atoms with Gasteiger partial charge in [0, 0.05) is 18.9 Å². The second-order valence-corrected chi connectivity index (χ2v) is 4.91. The van der Waals surface area contributed by atoms with Crippen LogP contribution in [0.2, 0.25) is 0 Å². The van der Waals surface area contributed by atoms with Crippen LogP contribution in [0, 0.1) is 6.92 Å². The average molecular weight is 256 g/mol. The van der Waals surface area contributed by atoms with Crippen molar-refractivity contribution in [2.24, 2.45) is 0 Å². The van der Waals surface area contributed by atoms with Crippen LogP contribution < -0.4 is 0 Å². The summed E-state index contributed by atoms with van der Waals surface area (Å²) < 4.78 is 5.11. The first-order valence-corrected chi connectivity index (χ1v) is 6.51. The number of rotatable bonds is 2. The Morgan fingerprint density at radius 3 is 3.05 bits per heavy atom. The Morgan fingerprint density at radius 2 is 2.37 bits per heavy atom. The minimum absolute atomic E-state index is 0.0533. The normalized spacial score (nSPS) is 18.8. The zero-order valence-corrected chi connectivity index (χ0v) is 10.9. The summed E-state index contributed by atoms with van der Waals surface area (Å²) in [6, 6.07) is 4.08. The van der Waals surface area contributed by atoms with E-state index in [9.17, 15) is 4.79 Å². The lowest BCUT2D eigenvalue weighted by atomic mass is 10.1. The molecule has 0 radical (unpaired) electrons. The Bertz CT molecular complexity index is 577. The third-order valence-electron chi connectivity index (χ3n) is 3.67. The van der Waals surface area contributed by atoms with E-state index < -0.39 is 0 Å². The van der Waals surface area contributed by atoms with Gasteiger partial charge >= 0.3 is 0 Å². The van der Waals surface area contributed by atoms with Gasteiger partial charge in [0.15, 0.2) is 0 Å². The molecule has 2 aromatic heterocycles. The molecule has 1 atom stereocenters. The molecule has 1 fully saturated rings. The molecule has 1 unspecified atom stereocenters. The van der Waals surface area contributed by atoms with E-state index in [0.717, 1.165) is 30.5 Å². The van der Waals surface area contributed by atoms with Gasteiger partial charge in [0.2, 0.25) is 0 Å². The fourth-order valence-electron chi connectivity index (χ4n) is 2.66. The molecule has 98 valence electrons. The zero-order valence-electron chi connectivity index (χ0n) is 10.9. The number of likely N-dealkylation sites (tertiary alicyclic amines) is 1. The Kier molecular flexibility index (Phi) is 3.07. The van der Waals surface area contributed by atoms with Crippen LogP contribution in [0.25, 0.3) is 0 Å². The fraction of sp³-hybridized carbons (Fsp3) is 0.333. The van der Waals surface area contributed by atoms with Crippen LogP contribution in [-0.4, -0.2) is 22.3 Å². The highest BCUT2D eigenvalue weighted by Crippen LogP contribution is 2.33. The maximum absolute atomic E-state index is 12.6. The minimum Gasteiger partial charge on any atom is -0.471 e. The van der Waals surface area contributed by atoms with Gasteiger partial charge in [-0.05, 0) is 37.0 Å². The van der Waals surface area contributed by atoms with Crippen LogP contribution in [-0.2, 0) is 0 Å². The predicted molar refractivity (Wildman–Crippen MR) is 70.7 cm³/mol. The van der Waals surface area contributed by atoms with Crippen molar-refractivity contribution in [2.75, 3.05) is 6.54 Å². The van der Waals surface area contributed by atoms with Gasteiger partial charge in [-0.2, -0.15) is 0 Å². The van der Waals surface area contributed by atoms with E-state index in [1.165, 1.54) is 6.26 Å². The van der Waals surface area contributed by atoms with E-state index in [-0.39, 0.29) is 11.9 Å². The Labute approximate surface area is 112 Å². The highest BCUT2D eigenvalue weighted by molar-refractivity contribution is 5.95. The number of aromatic nitrogens is 1. The molecule has 2 aromatic rings. The van der Waals surface area contributed by atoms with Gasteiger partial charge in [-0.1, -0.05) is 6.07 Å². The molecule has 1 aliphatic heterocycles. The van der Waals surface area contributed by atoms with Crippen LogP contribution in [0.15, 0.2) is 41.5 Å². The molecule has 0 aliphatic carbocycles. The van der Waals surface area contributed by atoms with E-state index in [1.807, 2.05) is 30.2 Å². The summed E-state index contributed by atoms with van der Waals surface area (Å²) in [4.78, 5) is 18.6. The summed E-state index contributed by atoms with van der Waals surface area (Å²) in [7, 11) is 0. The number of hydrogen-bond acceptors (Lipinski definition) is 3. The molecule has 19 heavy (non-hydrogen) atoms. The molecule has 4 nitrogen and oxygen atoms in total. The van der Waals surface area contributed by atoms with Gasteiger partial charge in [-0.3, -0.25) is 9.78 Å². The molecule has 3 rings (SSSR count). The standard InChI is InChI=1S/C15H16N2O2/c1-11-9-19-10-13(11)15(18)17-7-3-5-14(17)12-4-2-6-16-8-12/h2,4,6,8-10,14H,3,5,7H2,1H3. The monoisotopic (exact) mass is 256 g/mol. The number of hydrogen-bond donors (Lipinski definition) is 0. The van der Waals surface area contributed by atoms with Crippen molar-refractivity contribution >= 4 is 5.91 Å². The van der Waals surface area contributed by atoms with E-state index in [0.29, 0.717) is 5.56 Å². The molecule has 3 heterocycles. The molecule has 0 N–H and O–H groups in total. The van der Waals surface area contributed by atoms with Gasteiger partial charge < -0.3 is 9.32 Å². The second-order valence-electron chi connectivity index (χ2n) is 4.91. The highest BCUT2D eigenvalue weighted by atomic mass is 16.3. The lowest BCUT2D eigenvalue weighted by Crippen LogP contribution is -2.30. The van der Waals surface area contributed by atoms with Crippen LogP contribution >= 0.6 is 0 Å². The number of amides is 1. The quantitative estimate of drug-likeness (QED) is 0.829. The van der Waals surface area contributed by atoms with Crippen molar-refractivity contribution in [1.82, 2.24) is 9.88 Å². The number of nitrogens with zero attached hydrogens (tertiary/aromatic N) is 2. The minimum atomic E-state index is 0.0533. The lowest BCUT2D eigenvalue weighted by molar-refractivity contribution is 0.0734. The van der Waals surface area contributed by atoms with E-state index >= 15 is 0 Å². The summed E-state index contributed by atoms with van der Waals surface area (Å²) in [6.07, 6.45) is 8.78. The van der Waals surface area contributed by atoms with Crippen molar-refractivity contribution in [3.05, 3.63) is 53.7 Å². The molecule has 0 saturated carbocycles. The van der Waals surface area contributed by atoms with Gasteiger partial charge in [0.05, 0.1) is 17.9 Å². The summed E-state index contributed by atoms with van der Waals surface area (Å²) in [5.74, 6) is 0.0533. The Morgan fingerprint density at radius 1 is 1.47 bits per heavy atom. The van der Waals surface area contributed by atoms with Crippen LogP contribution in [0.1, 0.15) is 40.4 Å². The first-order chi connectivity index (χ1) is 9.27. The van der Waals surface area contributed by atoms with Crippen molar-refractivity contribution in [3.8, 4) is 0 Å².